The fourth-order valence-corrected chi connectivity index (χ4v) is 9.27. The number of halogens is 1. The molecule has 15 nitrogen and oxygen atoms in total. The molecule has 3 heterocycles. The van der Waals surface area contributed by atoms with Crippen molar-refractivity contribution < 1.29 is 52.3 Å². The molecule has 0 saturated carbocycles. The van der Waals surface area contributed by atoms with Crippen LogP contribution in [-0.2, 0) is 23.8 Å². The number of amides is 2. The van der Waals surface area contributed by atoms with Crippen LogP contribution in [0.25, 0.3) is 6.08 Å². The van der Waals surface area contributed by atoms with E-state index in [9.17, 15) is 19.2 Å². The smallest absolute Gasteiger partial charge is 0.342 e. The third kappa shape index (κ3) is 14.2. The molecule has 19 heteroatoms. The average Bonchev–Trinajstić information content (AvgIpc) is 3.63. The monoisotopic (exact) mass is 930 g/mol. The fraction of sp³-hybridized carbons (Fsp3) is 0.465. The van der Waals surface area contributed by atoms with Gasteiger partial charge in [0.25, 0.3) is 5.91 Å². The highest BCUT2D eigenvalue weighted by Crippen LogP contribution is 2.39. The van der Waals surface area contributed by atoms with Crippen molar-refractivity contribution in [3.05, 3.63) is 64.9 Å². The molecule has 336 valence electrons. The van der Waals surface area contributed by atoms with Gasteiger partial charge in [0.05, 0.1) is 49.9 Å². The van der Waals surface area contributed by atoms with Crippen molar-refractivity contribution in [3.63, 3.8) is 0 Å². The van der Waals surface area contributed by atoms with Crippen molar-refractivity contribution in [1.82, 2.24) is 9.88 Å². The lowest BCUT2D eigenvalue weighted by Gasteiger charge is -2.19. The summed E-state index contributed by atoms with van der Waals surface area (Å²) in [7, 11) is 4.86. The second-order valence-corrected chi connectivity index (χ2v) is 23.9. The Kier molecular flexibility index (Phi) is 18.5. The Morgan fingerprint density at radius 1 is 0.952 bits per heavy atom. The predicted octanol–water partition coefficient (Wildman–Crippen LogP) is 8.29. The van der Waals surface area contributed by atoms with E-state index in [1.807, 2.05) is 18.2 Å². The van der Waals surface area contributed by atoms with Gasteiger partial charge in [-0.1, -0.05) is 54.2 Å². The maximum absolute atomic E-state index is 13.9. The number of nitrogens with two attached hydrogens (primary N) is 1. The zero-order chi connectivity index (χ0) is 44.6. The molecule has 1 atom stereocenters. The van der Waals surface area contributed by atoms with Crippen molar-refractivity contribution >= 4 is 82.5 Å². The van der Waals surface area contributed by atoms with Gasteiger partial charge in [-0.15, -0.1) is 0 Å². The van der Waals surface area contributed by atoms with Gasteiger partial charge < -0.3 is 49.1 Å². The Morgan fingerprint density at radius 2 is 1.68 bits per heavy atom. The van der Waals surface area contributed by atoms with E-state index in [0.717, 1.165) is 34.4 Å². The topological polar surface area (TPSA) is 187 Å². The normalized spacial score (nSPS) is 15.4. The third-order valence-corrected chi connectivity index (χ3v) is 14.0. The Bertz CT molecular complexity index is 2070. The Hall–Kier alpha value is -4.62. The lowest BCUT2D eigenvalue weighted by molar-refractivity contribution is -0.141. The number of anilines is 2. The van der Waals surface area contributed by atoms with Crippen molar-refractivity contribution in [2.75, 3.05) is 70.2 Å². The minimum Gasteiger partial charge on any atom is -0.493 e. The molecular weight excluding hydrogens is 876 g/mol. The molecule has 3 aromatic rings. The van der Waals surface area contributed by atoms with Crippen LogP contribution in [0.1, 0.15) is 64.8 Å². The molecule has 0 radical (unpaired) electrons. The largest absolute Gasteiger partial charge is 0.493 e. The van der Waals surface area contributed by atoms with Crippen LogP contribution < -0.4 is 30.0 Å². The number of hydrogen-bond donors (Lipinski definition) is 2. The molecular formula is C43H55ClN4O11S2Si. The van der Waals surface area contributed by atoms with Crippen LogP contribution in [0.15, 0.2) is 53.2 Å². The lowest BCUT2D eigenvalue weighted by atomic mass is 10.1. The number of nitrogens with zero attached hydrogens (tertiary/aromatic N) is 2. The van der Waals surface area contributed by atoms with Crippen LogP contribution in [0.4, 0.5) is 11.4 Å². The van der Waals surface area contributed by atoms with Gasteiger partial charge in [-0.25, -0.2) is 9.78 Å². The molecule has 3 N–H and O–H groups in total. The van der Waals surface area contributed by atoms with E-state index in [-0.39, 0.29) is 41.9 Å². The van der Waals surface area contributed by atoms with E-state index in [1.165, 1.54) is 31.1 Å². The number of nitrogen functional groups attached to an aromatic ring is 1. The van der Waals surface area contributed by atoms with E-state index < -0.39 is 20.1 Å². The summed E-state index contributed by atoms with van der Waals surface area (Å²) in [4.78, 5) is 57.5. The third-order valence-electron chi connectivity index (χ3n) is 9.79. The number of unbranched alkanes of at least 4 members (excludes halogenated alkanes) is 2. The first-order chi connectivity index (χ1) is 29.8. The van der Waals surface area contributed by atoms with Crippen molar-refractivity contribution in [1.29, 1.82) is 0 Å². The van der Waals surface area contributed by atoms with Crippen LogP contribution in [0.5, 0.6) is 23.0 Å². The standard InChI is InChI=1S/C43H55ClN4O11S2Si/c1-53-35-20-30(43(52)59-27-55-15-17-62(3,4)5)32(45)22-37(35)56-13-7-6-8-14-57-38-23-33-31(21-36(38)54-2)42(51)48-25-29(19-34(48)41(50)47-33)18-28-11-12-39(46-24-28)61-60-16-9-10-40(49)58-26-44/h11-12,18,20-24,34H,6-10,13-17,19,25-27,45H2,1-5H3,(H,47,50)/b29-18+/t34-/m0/s1. The number of esters is 2. The van der Waals surface area contributed by atoms with Gasteiger partial charge in [-0.2, -0.15) is 0 Å². The summed E-state index contributed by atoms with van der Waals surface area (Å²) in [5, 5.41) is 3.78. The number of nitrogens with one attached hydrogen (secondary N) is 1. The maximum atomic E-state index is 13.9. The molecule has 62 heavy (non-hydrogen) atoms. The summed E-state index contributed by atoms with van der Waals surface area (Å²) in [6, 6.07) is 10.3. The Morgan fingerprint density at radius 3 is 2.35 bits per heavy atom. The Balaban J connectivity index is 1.07. The first kappa shape index (κ1) is 48.4. The number of ether oxygens (including phenoxy) is 7. The highest BCUT2D eigenvalue weighted by molar-refractivity contribution is 8.76. The minimum atomic E-state index is -1.25. The van der Waals surface area contributed by atoms with E-state index in [2.05, 4.69) is 29.9 Å². The fourth-order valence-electron chi connectivity index (χ4n) is 6.44. The Labute approximate surface area is 376 Å². The first-order valence-corrected chi connectivity index (χ1v) is 26.8. The molecule has 2 aromatic carbocycles. The number of aromatic nitrogens is 1. The number of hydrogen-bond acceptors (Lipinski definition) is 15. The van der Waals surface area contributed by atoms with Gasteiger partial charge in [0, 0.05) is 57.8 Å². The SMILES string of the molecule is COc1cc(C(=O)OCOCC[Si](C)(C)C)c(N)cc1OCCCCCOc1cc2c(cc1OC)C(=O)N1C/C(=C/c3ccc(SSCCCC(=O)OCCl)nc3)C[C@H]1C(=O)N2. The number of carbonyl (C=O) groups excluding carboxylic acids is 4. The molecule has 2 amide bonds. The molecule has 1 saturated heterocycles. The molecule has 0 bridgehead atoms. The summed E-state index contributed by atoms with van der Waals surface area (Å²) < 4.78 is 38.6. The van der Waals surface area contributed by atoms with Crippen molar-refractivity contribution in [2.45, 2.75) is 75.3 Å². The summed E-state index contributed by atoms with van der Waals surface area (Å²) >= 11 is 5.41. The predicted molar refractivity (Wildman–Crippen MR) is 244 cm³/mol. The van der Waals surface area contributed by atoms with E-state index >= 15 is 0 Å². The zero-order valence-electron chi connectivity index (χ0n) is 35.8. The van der Waals surface area contributed by atoms with Crippen molar-refractivity contribution in [3.8, 4) is 23.0 Å². The molecule has 2 aliphatic heterocycles. The number of pyridine rings is 1. The summed E-state index contributed by atoms with van der Waals surface area (Å²) in [6.07, 6.45) is 7.27. The second kappa shape index (κ2) is 23.7. The van der Waals surface area contributed by atoms with E-state index in [0.29, 0.717) is 92.7 Å². The maximum Gasteiger partial charge on any atom is 0.342 e. The number of alkyl halides is 1. The molecule has 5 rings (SSSR count). The highest BCUT2D eigenvalue weighted by Gasteiger charge is 2.41. The van der Waals surface area contributed by atoms with Gasteiger partial charge >= 0.3 is 11.9 Å². The number of carbonyl (C=O) groups is 4. The number of methoxy groups -OCH3 is 2. The number of rotatable bonds is 24. The molecule has 1 aromatic heterocycles. The average molecular weight is 932 g/mol. The molecule has 1 fully saturated rings. The highest BCUT2D eigenvalue weighted by atomic mass is 35.5. The van der Waals surface area contributed by atoms with Crippen LogP contribution in [0.2, 0.25) is 25.7 Å². The molecule has 0 spiro atoms. The minimum absolute atomic E-state index is 0.134. The first-order valence-electron chi connectivity index (χ1n) is 20.3. The van der Waals surface area contributed by atoms with E-state index in [1.54, 1.807) is 40.1 Å². The summed E-state index contributed by atoms with van der Waals surface area (Å²) in [5.74, 6) is 0.851. The lowest BCUT2D eigenvalue weighted by Crippen LogP contribution is -2.40. The second-order valence-electron chi connectivity index (χ2n) is 15.7. The van der Waals surface area contributed by atoms with Crippen LogP contribution in [0, 0.1) is 0 Å². The zero-order valence-corrected chi connectivity index (χ0v) is 39.1. The van der Waals surface area contributed by atoms with Crippen LogP contribution in [-0.4, -0.2) is 107 Å². The molecule has 2 aliphatic rings. The van der Waals surface area contributed by atoms with Crippen LogP contribution in [0.3, 0.4) is 0 Å². The van der Waals surface area contributed by atoms with Crippen LogP contribution >= 0.6 is 33.2 Å². The van der Waals surface area contributed by atoms with Gasteiger partial charge in [-0.05, 0) is 72.2 Å². The van der Waals surface area contributed by atoms with Gasteiger partial charge in [0.2, 0.25) is 5.91 Å². The summed E-state index contributed by atoms with van der Waals surface area (Å²) in [5.41, 5.74) is 9.04. The van der Waals surface area contributed by atoms with E-state index in [4.69, 9.17) is 50.5 Å². The van der Waals surface area contributed by atoms with Gasteiger partial charge in [-0.3, -0.25) is 14.4 Å². The summed E-state index contributed by atoms with van der Waals surface area (Å²) in [6.45, 7) is 8.14. The van der Waals surface area contributed by atoms with Gasteiger partial charge in [0.1, 0.15) is 11.1 Å². The van der Waals surface area contributed by atoms with Gasteiger partial charge in [0.15, 0.2) is 35.9 Å². The molecule has 0 unspecified atom stereocenters. The quantitative estimate of drug-likeness (QED) is 0.0166. The van der Waals surface area contributed by atoms with Crippen molar-refractivity contribution in [2.24, 2.45) is 0 Å². The number of benzene rings is 2. The molecule has 0 aliphatic carbocycles. The number of fused-ring (bicyclic) bond motifs is 2.